The number of hydrogen-bond acceptors (Lipinski definition) is 4. The van der Waals surface area contributed by atoms with E-state index in [1.807, 2.05) is 78.9 Å². The number of benzene rings is 5. The van der Waals surface area contributed by atoms with Gasteiger partial charge in [0.25, 0.3) is 0 Å². The van der Waals surface area contributed by atoms with Crippen LogP contribution in [-0.4, -0.2) is 20.1 Å². The monoisotopic (exact) mass is 790 g/mol. The molecular formula is C42H32N3OPt-. The van der Waals surface area contributed by atoms with Crippen LogP contribution in [0.5, 0.6) is 5.75 Å². The quantitative estimate of drug-likeness (QED) is 0.181. The molecule has 5 heteroatoms. The van der Waals surface area contributed by atoms with Gasteiger partial charge in [0.15, 0.2) is 0 Å². The van der Waals surface area contributed by atoms with E-state index in [1.54, 1.807) is 12.3 Å². The molecule has 0 spiro atoms. The fraction of sp³-hybridized carbons (Fsp3) is 0.119. The first-order valence-corrected chi connectivity index (χ1v) is 15.5. The molecule has 0 fully saturated rings. The largest absolute Gasteiger partial charge is 0.507 e. The maximum atomic E-state index is 10.8. The van der Waals surface area contributed by atoms with Crippen LogP contribution in [0.15, 0.2) is 134 Å². The Hall–Kier alpha value is -4.92. The molecule has 0 radical (unpaired) electrons. The molecule has 1 aliphatic carbocycles. The third kappa shape index (κ3) is 4.99. The fourth-order valence-corrected chi connectivity index (χ4v) is 6.79. The van der Waals surface area contributed by atoms with E-state index in [-0.39, 0.29) is 32.2 Å². The molecule has 0 saturated heterocycles. The van der Waals surface area contributed by atoms with E-state index in [1.165, 1.54) is 5.56 Å². The van der Waals surface area contributed by atoms with Gasteiger partial charge < -0.3 is 5.11 Å². The normalized spacial score (nSPS) is 15.4. The second-order valence-corrected chi connectivity index (χ2v) is 12.9. The number of aromatic nitrogens is 3. The number of nitrogens with zero attached hydrogens (tertiary/aromatic N) is 3. The molecule has 0 aliphatic heterocycles. The number of hydrogen-bond donors (Lipinski definition) is 1. The van der Waals surface area contributed by atoms with Gasteiger partial charge in [-0.2, -0.15) is 0 Å². The zero-order valence-electron chi connectivity index (χ0n) is 27.2. The summed E-state index contributed by atoms with van der Waals surface area (Å²) in [6.45, 7) is 6.67. The summed E-state index contributed by atoms with van der Waals surface area (Å²) in [5.74, 6) is 0.172. The summed E-state index contributed by atoms with van der Waals surface area (Å²) < 4.78 is 8.79. The Kier molecular flexibility index (Phi) is 7.34. The van der Waals surface area contributed by atoms with Gasteiger partial charge in [-0.1, -0.05) is 93.5 Å². The first kappa shape index (κ1) is 29.5. The Morgan fingerprint density at radius 2 is 1.43 bits per heavy atom. The third-order valence-corrected chi connectivity index (χ3v) is 9.08. The van der Waals surface area contributed by atoms with Crippen LogP contribution >= 0.6 is 0 Å². The van der Waals surface area contributed by atoms with Crippen molar-refractivity contribution in [1.29, 1.82) is 0 Å². The predicted octanol–water partition coefficient (Wildman–Crippen LogP) is 9.52. The zero-order valence-corrected chi connectivity index (χ0v) is 28.5. The maximum absolute atomic E-state index is 10.8. The van der Waals surface area contributed by atoms with Gasteiger partial charge >= 0.3 is 0 Å². The average Bonchev–Trinajstić information content (AvgIpc) is 3.37. The van der Waals surface area contributed by atoms with Crippen molar-refractivity contribution in [2.24, 2.45) is 0 Å². The van der Waals surface area contributed by atoms with Gasteiger partial charge in [-0.15, -0.1) is 35.4 Å². The van der Waals surface area contributed by atoms with Crippen molar-refractivity contribution in [3.63, 3.8) is 0 Å². The van der Waals surface area contributed by atoms with E-state index in [0.29, 0.717) is 17.3 Å². The van der Waals surface area contributed by atoms with Gasteiger partial charge in [0.1, 0.15) is 5.75 Å². The van der Waals surface area contributed by atoms with Crippen LogP contribution in [0, 0.1) is 6.07 Å². The van der Waals surface area contributed by atoms with Crippen LogP contribution in [0.2, 0.25) is 0 Å². The minimum Gasteiger partial charge on any atom is -0.507 e. The number of phenols is 1. The second kappa shape index (κ2) is 11.7. The molecule has 0 saturated carbocycles. The molecule has 0 amide bonds. The van der Waals surface area contributed by atoms with Crippen molar-refractivity contribution in [3.05, 3.63) is 168 Å². The predicted molar refractivity (Wildman–Crippen MR) is 185 cm³/mol. The Morgan fingerprint density at radius 1 is 0.681 bits per heavy atom. The van der Waals surface area contributed by atoms with Gasteiger partial charge in [0.05, 0.1) is 29.2 Å². The smallest absolute Gasteiger partial charge is 0.124 e. The van der Waals surface area contributed by atoms with Gasteiger partial charge in [-0.25, -0.2) is 0 Å². The average molecular weight is 791 g/mol. The minimum absolute atomic E-state index is 0. The van der Waals surface area contributed by atoms with E-state index in [2.05, 4.69) is 63.2 Å². The molecule has 232 valence electrons. The van der Waals surface area contributed by atoms with E-state index >= 15 is 0 Å². The Bertz CT molecular complexity index is 2350. The number of fused-ring (bicyclic) bond motifs is 4. The summed E-state index contributed by atoms with van der Waals surface area (Å²) in [6.07, 6.45) is 1.80. The molecule has 1 atom stereocenters. The molecule has 1 unspecified atom stereocenters. The number of pyridine rings is 1. The van der Waals surface area contributed by atoms with E-state index < -0.39 is 5.41 Å². The Labute approximate surface area is 290 Å². The summed E-state index contributed by atoms with van der Waals surface area (Å²) in [5.41, 5.74) is 10.6. The summed E-state index contributed by atoms with van der Waals surface area (Å²) in [7, 11) is 0. The first-order chi connectivity index (χ1) is 22.7. The molecule has 2 aromatic heterocycles. The minimum atomic E-state index is -0.913. The Morgan fingerprint density at radius 3 is 2.26 bits per heavy atom. The van der Waals surface area contributed by atoms with Crippen molar-refractivity contribution in [2.75, 3.05) is 0 Å². The summed E-state index contributed by atoms with van der Waals surface area (Å²) in [4.78, 5) is 15.0. The maximum Gasteiger partial charge on any atom is 0.124 e. The first-order valence-electron chi connectivity index (χ1n) is 16.0. The fourth-order valence-electron chi connectivity index (χ4n) is 6.79. The summed E-state index contributed by atoms with van der Waals surface area (Å²) in [6, 6.07) is 44.1. The summed E-state index contributed by atoms with van der Waals surface area (Å²) in [5, 5.41) is 10.8. The molecular weight excluding hydrogens is 758 g/mol. The van der Waals surface area contributed by atoms with Gasteiger partial charge in [-0.05, 0) is 69.6 Å². The van der Waals surface area contributed by atoms with Gasteiger partial charge in [0, 0.05) is 38.5 Å². The number of phenolic OH excluding ortho intramolecular Hbond substituents is 1. The SMILES string of the molecule is [2H]c1ccc2c(c1)C(c1[c-]c(-c3cnc4ccccc4n3)ccc1)(c1cccc(-c3ccccc3O)n1)c1cc(C(C)(C)C)ccc1-2.[Pt]. The van der Waals surface area contributed by atoms with Crippen molar-refractivity contribution in [3.8, 4) is 39.4 Å². The molecule has 4 nitrogen and oxygen atoms in total. The number of aromatic hydroxyl groups is 1. The van der Waals surface area contributed by atoms with Crippen molar-refractivity contribution in [2.45, 2.75) is 31.6 Å². The molecule has 7 aromatic rings. The molecule has 5 aromatic carbocycles. The molecule has 0 bridgehead atoms. The molecule has 2 heterocycles. The van der Waals surface area contributed by atoms with Crippen molar-refractivity contribution < 1.29 is 27.5 Å². The molecule has 1 aliphatic rings. The van der Waals surface area contributed by atoms with E-state index in [4.69, 9.17) is 16.3 Å². The number of para-hydroxylation sites is 3. The van der Waals surface area contributed by atoms with Crippen LogP contribution in [0.1, 0.15) is 50.1 Å². The second-order valence-electron chi connectivity index (χ2n) is 12.9. The van der Waals surface area contributed by atoms with E-state index in [0.717, 1.165) is 55.8 Å². The van der Waals surface area contributed by atoms with E-state index in [9.17, 15) is 5.11 Å². The molecule has 1 N–H and O–H groups in total. The van der Waals surface area contributed by atoms with Gasteiger partial charge in [0.2, 0.25) is 0 Å². The third-order valence-electron chi connectivity index (χ3n) is 9.08. The molecule has 47 heavy (non-hydrogen) atoms. The van der Waals surface area contributed by atoms with Crippen LogP contribution < -0.4 is 0 Å². The van der Waals surface area contributed by atoms with Crippen LogP contribution in [-0.2, 0) is 31.9 Å². The van der Waals surface area contributed by atoms with Crippen molar-refractivity contribution in [1.82, 2.24) is 15.0 Å². The standard InChI is InChI=1S/C42H32N3O.Pt/c1-41(2,3)28-22-23-31-30-14-4-6-16-33(30)42(34(31)25-28,40-21-11-19-35(45-40)32-15-5-9-20-39(32)46)29-13-10-12-27(24-29)38-26-43-36-17-7-8-18-37(36)44-38;/h4-23,25-26,46H,1-3H3;/q-1;/i6D;. The topological polar surface area (TPSA) is 58.9 Å². The zero-order chi connectivity index (χ0) is 32.3. The van der Waals surface area contributed by atoms with Crippen molar-refractivity contribution >= 4 is 11.0 Å². The van der Waals surface area contributed by atoms with Gasteiger partial charge in [-0.3, -0.25) is 15.0 Å². The Balaban J connectivity index is 0.00000364. The van der Waals surface area contributed by atoms with Crippen LogP contribution in [0.3, 0.4) is 0 Å². The van der Waals surface area contributed by atoms with Crippen LogP contribution in [0.25, 0.3) is 44.7 Å². The summed E-state index contributed by atoms with van der Waals surface area (Å²) >= 11 is 0. The molecule has 8 rings (SSSR count). The van der Waals surface area contributed by atoms with Crippen LogP contribution in [0.4, 0.5) is 0 Å². The number of rotatable bonds is 4.